The van der Waals surface area contributed by atoms with Crippen LogP contribution in [-0.2, 0) is 36.5 Å². The zero-order valence-electron chi connectivity index (χ0n) is 32.8. The molecular weight excluding hydrogens is 818 g/mol. The summed E-state index contributed by atoms with van der Waals surface area (Å²) in [4.78, 5) is 47.7. The minimum Gasteiger partial charge on any atom is -0.388 e. The molecule has 2 bridgehead atoms. The Kier molecular flexibility index (Phi) is 12.1. The molecule has 20 heteroatoms. The van der Waals surface area contributed by atoms with Crippen molar-refractivity contribution < 1.29 is 56.4 Å². The van der Waals surface area contributed by atoms with Crippen molar-refractivity contribution in [1.82, 2.24) is 30.0 Å². The van der Waals surface area contributed by atoms with Gasteiger partial charge < -0.3 is 40.0 Å². The van der Waals surface area contributed by atoms with Crippen molar-refractivity contribution in [2.75, 3.05) is 25.1 Å². The molecule has 3 aliphatic heterocycles. The molecule has 15 nitrogen and oxygen atoms in total. The molecule has 5 aliphatic rings. The number of amides is 2. The van der Waals surface area contributed by atoms with Crippen LogP contribution in [-0.4, -0.2) is 127 Å². The molecule has 4 N–H and O–H groups in total. The first-order valence-electron chi connectivity index (χ1n) is 20.4. The number of aliphatic hydroxyl groups excluding tert-OH is 2. The molecule has 1 aromatic carbocycles. The number of carbonyl (C=O) groups is 3. The number of anilines is 1. The minimum absolute atomic E-state index is 0.0344. The predicted octanol–water partition coefficient (Wildman–Crippen LogP) is 4.22. The number of alkyl halides is 4. The number of para-hydroxylation sites is 1. The molecule has 5 fully saturated rings. The lowest BCUT2D eigenvalue weighted by molar-refractivity contribution is -0.233. The summed E-state index contributed by atoms with van der Waals surface area (Å²) in [6, 6.07) is 4.97. The van der Waals surface area contributed by atoms with E-state index in [1.807, 2.05) is 0 Å². The Labute approximate surface area is 347 Å². The summed E-state index contributed by atoms with van der Waals surface area (Å²) in [6.45, 7) is 0.891. The van der Waals surface area contributed by atoms with Crippen LogP contribution in [0.2, 0.25) is 5.15 Å². The van der Waals surface area contributed by atoms with E-state index in [0.29, 0.717) is 28.9 Å². The van der Waals surface area contributed by atoms with Gasteiger partial charge in [-0.2, -0.15) is 18.3 Å². The highest BCUT2D eigenvalue weighted by Crippen LogP contribution is 2.42. The molecule has 3 saturated heterocycles. The summed E-state index contributed by atoms with van der Waals surface area (Å²) in [5.74, 6) is -0.459. The molecule has 5 heterocycles. The first kappa shape index (κ1) is 42.7. The smallest absolute Gasteiger partial charge is 0.388 e. The SMILES string of the molecule is CC(=O)c1nn(CC(=O)N2C[C@H](F)C[C@H]2C(=O)NC2CCC(CC3CCC(OC[C@@]45CO[C@H](O4)[C@H](Nc4ncc(C(F)(F)F)c(Cl)n4)[C@@H](O)[C@H]5O)C3)CC2)c2ccccc12. The molecule has 2 aromatic heterocycles. The van der Waals surface area contributed by atoms with Crippen molar-refractivity contribution in [3.05, 3.63) is 46.9 Å². The van der Waals surface area contributed by atoms with Gasteiger partial charge in [0, 0.05) is 31.0 Å². The quantitative estimate of drug-likeness (QED) is 0.116. The van der Waals surface area contributed by atoms with E-state index < -0.39 is 65.2 Å². The van der Waals surface area contributed by atoms with Crippen molar-refractivity contribution in [2.45, 2.75) is 132 Å². The van der Waals surface area contributed by atoms with Crippen molar-refractivity contribution in [3.63, 3.8) is 0 Å². The van der Waals surface area contributed by atoms with E-state index in [-0.39, 0.29) is 68.2 Å². The third-order valence-electron chi connectivity index (χ3n) is 12.8. The summed E-state index contributed by atoms with van der Waals surface area (Å²) in [5, 5.41) is 32.1. The van der Waals surface area contributed by atoms with Gasteiger partial charge in [0.25, 0.3) is 0 Å². The fraction of sp³-hybridized carbons (Fsp3) is 0.650. The summed E-state index contributed by atoms with van der Waals surface area (Å²) < 4.78 is 73.5. The maximum atomic E-state index is 14.7. The molecule has 3 aromatic rings. The third kappa shape index (κ3) is 8.70. The molecule has 2 unspecified atom stereocenters. The lowest BCUT2D eigenvalue weighted by Gasteiger charge is -2.43. The minimum atomic E-state index is -4.74. The molecule has 2 amide bonds. The first-order chi connectivity index (χ1) is 28.6. The maximum Gasteiger partial charge on any atom is 0.420 e. The summed E-state index contributed by atoms with van der Waals surface area (Å²) in [5.41, 5.74) is -1.69. The number of aliphatic hydroxyl groups is 2. The van der Waals surface area contributed by atoms with E-state index in [0.717, 1.165) is 51.4 Å². The fourth-order valence-corrected chi connectivity index (χ4v) is 9.84. The summed E-state index contributed by atoms with van der Waals surface area (Å²) in [6.07, 6.45) is -2.74. The van der Waals surface area contributed by atoms with Crippen LogP contribution >= 0.6 is 11.6 Å². The van der Waals surface area contributed by atoms with E-state index in [1.165, 1.54) is 16.5 Å². The number of halogens is 5. The molecule has 9 atom stereocenters. The number of nitrogens with one attached hydrogen (secondary N) is 2. The topological polar surface area (TPSA) is 190 Å². The van der Waals surface area contributed by atoms with Gasteiger partial charge in [-0.3, -0.25) is 19.1 Å². The van der Waals surface area contributed by atoms with E-state index >= 15 is 0 Å². The van der Waals surface area contributed by atoms with E-state index in [4.69, 9.17) is 25.8 Å². The molecular formula is C40H48ClF4N7O8. The van der Waals surface area contributed by atoms with Crippen LogP contribution in [0, 0.1) is 11.8 Å². The third-order valence-corrected chi connectivity index (χ3v) is 13.1. The van der Waals surface area contributed by atoms with Crippen LogP contribution in [0.25, 0.3) is 10.9 Å². The Morgan fingerprint density at radius 3 is 2.55 bits per heavy atom. The van der Waals surface area contributed by atoms with Crippen LogP contribution in [0.4, 0.5) is 23.5 Å². The highest BCUT2D eigenvalue weighted by atomic mass is 35.5. The Morgan fingerprint density at radius 1 is 1.07 bits per heavy atom. The lowest BCUT2D eigenvalue weighted by Crippen LogP contribution is -2.64. The maximum absolute atomic E-state index is 14.7. The summed E-state index contributed by atoms with van der Waals surface area (Å²) >= 11 is 5.72. The van der Waals surface area contributed by atoms with Crippen LogP contribution in [0.1, 0.15) is 80.8 Å². The highest BCUT2D eigenvalue weighted by Gasteiger charge is 2.60. The number of hydrogen-bond acceptors (Lipinski definition) is 12. The second-order valence-corrected chi connectivity index (χ2v) is 17.3. The largest absolute Gasteiger partial charge is 0.420 e. The Hall–Kier alpha value is -4.01. The summed E-state index contributed by atoms with van der Waals surface area (Å²) in [7, 11) is 0. The second-order valence-electron chi connectivity index (χ2n) is 16.9. The number of aromatic nitrogens is 4. The average molecular weight is 866 g/mol. The van der Waals surface area contributed by atoms with Gasteiger partial charge in [0.05, 0.1) is 31.4 Å². The fourth-order valence-electron chi connectivity index (χ4n) is 9.61. The number of carbonyl (C=O) groups excluding carboxylic acids is 3. The van der Waals surface area contributed by atoms with Crippen LogP contribution < -0.4 is 10.6 Å². The standard InChI is InChI=1S/C40H48ClF4N7O8/c1-20(53)31-26-4-2-3-5-28(26)52(50-31)17-30(54)51-16-23(42)14-29(51)36(57)47-24-9-6-21(7-10-24)12-22-8-11-25(13-22)58-18-39-19-59-37(60-39)32(33(55)34(39)56)48-38-46-15-27(35(41)49-38)40(43,44)45/h2-5,15,21-25,29,32-34,37,55-56H,6-14,16-19H2,1H3,(H,47,57)(H,46,48,49)/t21?,22?,23-,24?,25?,29+,32-,33-,34-,37-,39+/m1/s1. The molecule has 0 radical (unpaired) electrons. The first-order valence-corrected chi connectivity index (χ1v) is 20.8. The van der Waals surface area contributed by atoms with Gasteiger partial charge in [0.1, 0.15) is 59.0 Å². The van der Waals surface area contributed by atoms with Crippen molar-refractivity contribution >= 4 is 46.0 Å². The van der Waals surface area contributed by atoms with Gasteiger partial charge in [-0.05, 0) is 69.3 Å². The van der Waals surface area contributed by atoms with E-state index in [2.05, 4.69) is 25.7 Å². The van der Waals surface area contributed by atoms with Gasteiger partial charge in [-0.15, -0.1) is 0 Å². The normalized spacial score (nSPS) is 33.0. The number of rotatable bonds is 12. The molecule has 2 saturated carbocycles. The number of ether oxygens (including phenoxy) is 3. The Balaban J connectivity index is 0.773. The van der Waals surface area contributed by atoms with Crippen molar-refractivity contribution in [2.24, 2.45) is 11.8 Å². The van der Waals surface area contributed by atoms with E-state index in [1.54, 1.807) is 24.3 Å². The number of nitrogens with zero attached hydrogens (tertiary/aromatic N) is 5. The number of hydrogen-bond donors (Lipinski definition) is 4. The van der Waals surface area contributed by atoms with Gasteiger partial charge in [0.2, 0.25) is 17.8 Å². The van der Waals surface area contributed by atoms with Crippen molar-refractivity contribution in [3.8, 4) is 0 Å². The molecule has 60 heavy (non-hydrogen) atoms. The Morgan fingerprint density at radius 2 is 1.82 bits per heavy atom. The average Bonchev–Trinajstić information content (AvgIpc) is 4.01. The molecule has 8 rings (SSSR count). The van der Waals surface area contributed by atoms with Crippen LogP contribution in [0.3, 0.4) is 0 Å². The number of Topliss-reactive ketones (excluding diaryl/α,β-unsaturated/α-hetero) is 1. The molecule has 0 spiro atoms. The van der Waals surface area contributed by atoms with Gasteiger partial charge in [-0.1, -0.05) is 29.8 Å². The van der Waals surface area contributed by atoms with E-state index in [9.17, 15) is 42.2 Å². The predicted molar refractivity (Wildman–Crippen MR) is 205 cm³/mol. The number of ketones is 1. The lowest BCUT2D eigenvalue weighted by atomic mass is 9.80. The highest BCUT2D eigenvalue weighted by molar-refractivity contribution is 6.30. The zero-order valence-corrected chi connectivity index (χ0v) is 33.6. The molecule has 2 aliphatic carbocycles. The van der Waals surface area contributed by atoms with Gasteiger partial charge >= 0.3 is 6.18 Å². The van der Waals surface area contributed by atoms with Crippen molar-refractivity contribution in [1.29, 1.82) is 0 Å². The number of fused-ring (bicyclic) bond motifs is 3. The zero-order chi connectivity index (χ0) is 42.5. The number of benzene rings is 1. The number of likely N-dealkylation sites (tertiary alicyclic amines) is 1. The molecule has 326 valence electrons. The van der Waals surface area contributed by atoms with Crippen LogP contribution in [0.5, 0.6) is 0 Å². The van der Waals surface area contributed by atoms with Gasteiger partial charge in [0.15, 0.2) is 12.1 Å². The monoisotopic (exact) mass is 865 g/mol. The Bertz CT molecular complexity index is 2090. The van der Waals surface area contributed by atoms with Crippen LogP contribution in [0.15, 0.2) is 30.5 Å². The second kappa shape index (κ2) is 17.0. The van der Waals surface area contributed by atoms with Gasteiger partial charge in [-0.25, -0.2) is 14.4 Å².